The molecule has 22 heavy (non-hydrogen) atoms. The Bertz CT molecular complexity index is 771. The Balaban J connectivity index is 1.94. The molecular formula is C15H19N3O2S2. The molecule has 0 saturated carbocycles. The average molecular weight is 337 g/mol. The van der Waals surface area contributed by atoms with Crippen LogP contribution in [0.3, 0.4) is 0 Å². The van der Waals surface area contributed by atoms with Gasteiger partial charge in [0.25, 0.3) is 0 Å². The van der Waals surface area contributed by atoms with Crippen molar-refractivity contribution in [3.8, 4) is 10.6 Å². The topological polar surface area (TPSA) is 76.3 Å². The van der Waals surface area contributed by atoms with E-state index in [1.54, 1.807) is 18.2 Å². The van der Waals surface area contributed by atoms with Gasteiger partial charge < -0.3 is 5.73 Å². The molecule has 1 aliphatic rings. The summed E-state index contributed by atoms with van der Waals surface area (Å²) >= 11 is 1.52. The molecule has 0 bridgehead atoms. The van der Waals surface area contributed by atoms with Crippen LogP contribution in [0, 0.1) is 6.92 Å². The van der Waals surface area contributed by atoms with Crippen molar-refractivity contribution in [3.63, 3.8) is 0 Å². The van der Waals surface area contributed by atoms with Gasteiger partial charge in [0.15, 0.2) is 0 Å². The van der Waals surface area contributed by atoms with Gasteiger partial charge >= 0.3 is 0 Å². The first-order valence-electron chi connectivity index (χ1n) is 7.25. The number of hydrogen-bond acceptors (Lipinski definition) is 5. The lowest BCUT2D eigenvalue weighted by atomic mass is 10.1. The van der Waals surface area contributed by atoms with Crippen LogP contribution in [0.5, 0.6) is 0 Å². The van der Waals surface area contributed by atoms with E-state index in [9.17, 15) is 8.42 Å². The zero-order valence-corrected chi connectivity index (χ0v) is 14.0. The minimum atomic E-state index is -3.49. The summed E-state index contributed by atoms with van der Waals surface area (Å²) in [4.78, 5) is 4.73. The predicted molar refractivity (Wildman–Crippen MR) is 88.3 cm³/mol. The number of hydrogen-bond donors (Lipinski definition) is 1. The first kappa shape index (κ1) is 15.6. The van der Waals surface area contributed by atoms with Crippen molar-refractivity contribution < 1.29 is 8.42 Å². The second kappa shape index (κ2) is 6.08. The molecule has 2 heterocycles. The number of thiazole rings is 1. The van der Waals surface area contributed by atoms with Crippen molar-refractivity contribution in [3.05, 3.63) is 35.3 Å². The maximum absolute atomic E-state index is 12.8. The van der Waals surface area contributed by atoms with Crippen LogP contribution in [0.2, 0.25) is 0 Å². The summed E-state index contributed by atoms with van der Waals surface area (Å²) in [6.07, 6.45) is 1.69. The molecule has 0 amide bonds. The van der Waals surface area contributed by atoms with E-state index in [1.165, 1.54) is 15.6 Å². The summed E-state index contributed by atoms with van der Waals surface area (Å²) in [6.45, 7) is 2.86. The number of benzene rings is 1. The van der Waals surface area contributed by atoms with Gasteiger partial charge in [-0.05, 0) is 31.9 Å². The third kappa shape index (κ3) is 3.08. The molecule has 1 fully saturated rings. The van der Waals surface area contributed by atoms with Gasteiger partial charge in [0, 0.05) is 35.8 Å². The lowest BCUT2D eigenvalue weighted by Gasteiger charge is -2.29. The van der Waals surface area contributed by atoms with E-state index in [0.29, 0.717) is 18.0 Å². The van der Waals surface area contributed by atoms with Gasteiger partial charge in [-0.1, -0.05) is 12.1 Å². The number of aromatic nitrogens is 1. The Hall–Kier alpha value is -1.28. The van der Waals surface area contributed by atoms with Gasteiger partial charge in [0.1, 0.15) is 5.01 Å². The molecule has 1 atom stereocenters. The summed E-state index contributed by atoms with van der Waals surface area (Å²) in [6, 6.07) is 6.92. The zero-order valence-electron chi connectivity index (χ0n) is 12.4. The molecule has 0 unspecified atom stereocenters. The predicted octanol–water partition coefficient (Wildman–Crippen LogP) is 2.23. The van der Waals surface area contributed by atoms with Gasteiger partial charge in [0.2, 0.25) is 10.0 Å². The molecule has 1 saturated heterocycles. The number of rotatable bonds is 3. The summed E-state index contributed by atoms with van der Waals surface area (Å²) in [5, 5.41) is 2.80. The van der Waals surface area contributed by atoms with E-state index in [0.717, 1.165) is 29.1 Å². The molecule has 0 aliphatic carbocycles. The van der Waals surface area contributed by atoms with E-state index in [2.05, 4.69) is 4.98 Å². The number of sulfonamides is 1. The van der Waals surface area contributed by atoms with Crippen molar-refractivity contribution in [2.45, 2.75) is 30.7 Å². The fraction of sp³-hybridized carbons (Fsp3) is 0.400. The first-order chi connectivity index (χ1) is 10.5. The second-order valence-electron chi connectivity index (χ2n) is 5.59. The number of nitrogens with two attached hydrogens (primary N) is 1. The maximum atomic E-state index is 12.8. The summed E-state index contributed by atoms with van der Waals surface area (Å²) in [5.74, 6) is 0. The first-order valence-corrected chi connectivity index (χ1v) is 9.57. The Labute approximate surface area is 134 Å². The number of nitrogens with zero attached hydrogens (tertiary/aromatic N) is 2. The van der Waals surface area contributed by atoms with Crippen molar-refractivity contribution in [2.75, 3.05) is 13.1 Å². The Morgan fingerprint density at radius 2 is 2.23 bits per heavy atom. The molecular weight excluding hydrogens is 318 g/mol. The van der Waals surface area contributed by atoms with Gasteiger partial charge in [-0.3, -0.25) is 0 Å². The summed E-state index contributed by atoms with van der Waals surface area (Å²) in [5.41, 5.74) is 7.68. The van der Waals surface area contributed by atoms with E-state index in [4.69, 9.17) is 5.73 Å². The fourth-order valence-electron chi connectivity index (χ4n) is 2.62. The zero-order chi connectivity index (χ0) is 15.7. The minimum absolute atomic E-state index is 0.0756. The fourth-order valence-corrected chi connectivity index (χ4v) is 4.99. The van der Waals surface area contributed by atoms with Gasteiger partial charge in [0.05, 0.1) is 4.90 Å². The highest BCUT2D eigenvalue weighted by Crippen LogP contribution is 2.27. The maximum Gasteiger partial charge on any atom is 0.243 e. The van der Waals surface area contributed by atoms with Crippen molar-refractivity contribution >= 4 is 21.4 Å². The standard InChI is InChI=1S/C15H19N3O2S2/c1-11-10-21-15(17-11)12-4-2-6-14(8-12)22(19,20)18-7-3-5-13(16)9-18/h2,4,6,8,10,13H,3,5,7,9,16H2,1H3/t13-/m1/s1. The third-order valence-corrected chi connectivity index (χ3v) is 6.63. The highest BCUT2D eigenvalue weighted by molar-refractivity contribution is 7.89. The highest BCUT2D eigenvalue weighted by atomic mass is 32.2. The molecule has 2 aromatic rings. The van der Waals surface area contributed by atoms with E-state index in [1.807, 2.05) is 18.4 Å². The van der Waals surface area contributed by atoms with Crippen molar-refractivity contribution in [1.29, 1.82) is 0 Å². The summed E-state index contributed by atoms with van der Waals surface area (Å²) in [7, 11) is -3.49. The van der Waals surface area contributed by atoms with Crippen LogP contribution < -0.4 is 5.73 Å². The van der Waals surface area contributed by atoms with Crippen LogP contribution in [-0.4, -0.2) is 36.8 Å². The summed E-state index contributed by atoms with van der Waals surface area (Å²) < 4.78 is 27.0. The molecule has 3 rings (SSSR count). The quantitative estimate of drug-likeness (QED) is 0.932. The molecule has 0 spiro atoms. The molecule has 2 N–H and O–H groups in total. The highest BCUT2D eigenvalue weighted by Gasteiger charge is 2.29. The lowest BCUT2D eigenvalue weighted by Crippen LogP contribution is -2.45. The molecule has 7 heteroatoms. The molecule has 5 nitrogen and oxygen atoms in total. The van der Waals surface area contributed by atoms with Crippen molar-refractivity contribution in [1.82, 2.24) is 9.29 Å². The molecule has 1 aliphatic heterocycles. The smallest absolute Gasteiger partial charge is 0.243 e. The van der Waals surface area contributed by atoms with Crippen LogP contribution in [0.25, 0.3) is 10.6 Å². The normalized spacial score (nSPS) is 20.2. The minimum Gasteiger partial charge on any atom is -0.327 e. The van der Waals surface area contributed by atoms with E-state index < -0.39 is 10.0 Å². The van der Waals surface area contributed by atoms with Crippen LogP contribution in [-0.2, 0) is 10.0 Å². The number of piperidine rings is 1. The van der Waals surface area contributed by atoms with E-state index >= 15 is 0 Å². The molecule has 0 radical (unpaired) electrons. The van der Waals surface area contributed by atoms with Gasteiger partial charge in [-0.25, -0.2) is 13.4 Å². The van der Waals surface area contributed by atoms with Crippen LogP contribution in [0.4, 0.5) is 0 Å². The molecule has 1 aromatic heterocycles. The third-order valence-electron chi connectivity index (χ3n) is 3.76. The second-order valence-corrected chi connectivity index (χ2v) is 8.38. The Morgan fingerprint density at radius 3 is 2.91 bits per heavy atom. The van der Waals surface area contributed by atoms with Crippen molar-refractivity contribution in [2.24, 2.45) is 5.73 Å². The monoisotopic (exact) mass is 337 g/mol. The van der Waals surface area contributed by atoms with Gasteiger partial charge in [-0.2, -0.15) is 4.31 Å². The van der Waals surface area contributed by atoms with E-state index in [-0.39, 0.29) is 6.04 Å². The Kier molecular flexibility index (Phi) is 4.31. The molecule has 118 valence electrons. The van der Waals surface area contributed by atoms with Crippen LogP contribution in [0.15, 0.2) is 34.5 Å². The SMILES string of the molecule is Cc1csc(-c2cccc(S(=O)(=O)N3CCC[C@@H](N)C3)c2)n1. The number of aryl methyl sites for hydroxylation is 1. The van der Waals surface area contributed by atoms with Gasteiger partial charge in [-0.15, -0.1) is 11.3 Å². The largest absolute Gasteiger partial charge is 0.327 e. The van der Waals surface area contributed by atoms with Crippen LogP contribution >= 0.6 is 11.3 Å². The Morgan fingerprint density at radius 1 is 1.41 bits per heavy atom. The average Bonchev–Trinajstić information content (AvgIpc) is 2.94. The van der Waals surface area contributed by atoms with Crippen LogP contribution in [0.1, 0.15) is 18.5 Å². The molecule has 1 aromatic carbocycles. The lowest BCUT2D eigenvalue weighted by molar-refractivity contribution is 0.316.